The Kier molecular flexibility index (Phi) is 4.85. The lowest BCUT2D eigenvalue weighted by Gasteiger charge is -2.34. The Morgan fingerprint density at radius 1 is 1.36 bits per heavy atom. The number of nitrogens with zero attached hydrogens (tertiary/aromatic N) is 3. The van der Waals surface area contributed by atoms with Crippen LogP contribution in [0.4, 0.5) is 5.82 Å². The number of anilines is 1. The molecule has 148 valence electrons. The van der Waals surface area contributed by atoms with E-state index in [2.05, 4.69) is 10.3 Å². The normalized spacial score (nSPS) is 26.8. The molecule has 3 heterocycles. The summed E-state index contributed by atoms with van der Waals surface area (Å²) in [5.74, 6) is -0.603. The fraction of sp³-hybridized carbons (Fsp3) is 0.389. The Bertz CT molecular complexity index is 886. The van der Waals surface area contributed by atoms with E-state index in [-0.39, 0.29) is 36.9 Å². The fourth-order valence-corrected chi connectivity index (χ4v) is 3.54. The van der Waals surface area contributed by atoms with Crippen molar-refractivity contribution in [1.82, 2.24) is 14.9 Å². The summed E-state index contributed by atoms with van der Waals surface area (Å²) in [5.41, 5.74) is 6.90. The number of amides is 2. The molecule has 28 heavy (non-hydrogen) atoms. The molecule has 0 saturated carbocycles. The topological polar surface area (TPSA) is 143 Å². The van der Waals surface area contributed by atoms with Crippen molar-refractivity contribution < 1.29 is 24.5 Å². The standard InChI is InChI=1S/C18H21N5O5/c19-18-21-16(27)15-17(23(18)13(26)6-10-4-2-1-3-5-10)22(9-20-15)14-7-11(25)12(8-24)28-14/h1-5,9,11-12,14,18,24-25H,6-8,19H2,(H,21,27)/t11-,12+,14+,18?/m0/s1. The number of nitrogens with one attached hydrogen (secondary N) is 1. The molecule has 1 fully saturated rings. The summed E-state index contributed by atoms with van der Waals surface area (Å²) in [5, 5.41) is 21.9. The monoisotopic (exact) mass is 387 g/mol. The van der Waals surface area contributed by atoms with E-state index in [4.69, 9.17) is 10.5 Å². The maximum Gasteiger partial charge on any atom is 0.276 e. The van der Waals surface area contributed by atoms with Gasteiger partial charge in [0.2, 0.25) is 5.91 Å². The third-order valence-electron chi connectivity index (χ3n) is 4.93. The molecule has 0 aliphatic carbocycles. The molecule has 0 bridgehead atoms. The number of fused-ring (bicyclic) bond motifs is 1. The molecular weight excluding hydrogens is 366 g/mol. The van der Waals surface area contributed by atoms with E-state index in [0.717, 1.165) is 5.56 Å². The van der Waals surface area contributed by atoms with Gasteiger partial charge in [0.05, 0.1) is 25.5 Å². The first-order valence-electron chi connectivity index (χ1n) is 8.93. The van der Waals surface area contributed by atoms with Crippen LogP contribution in [0.15, 0.2) is 36.7 Å². The summed E-state index contributed by atoms with van der Waals surface area (Å²) in [4.78, 5) is 30.7. The Balaban J connectivity index is 1.68. The van der Waals surface area contributed by atoms with Gasteiger partial charge in [0.25, 0.3) is 5.91 Å². The predicted octanol–water partition coefficient (Wildman–Crippen LogP) is -0.915. The van der Waals surface area contributed by atoms with Crippen molar-refractivity contribution in [3.63, 3.8) is 0 Å². The average molecular weight is 387 g/mol. The zero-order valence-electron chi connectivity index (χ0n) is 14.9. The molecule has 1 aromatic heterocycles. The number of hydrogen-bond donors (Lipinski definition) is 4. The highest BCUT2D eigenvalue weighted by atomic mass is 16.5. The minimum Gasteiger partial charge on any atom is -0.394 e. The lowest BCUT2D eigenvalue weighted by Crippen LogP contribution is -2.61. The van der Waals surface area contributed by atoms with Crippen molar-refractivity contribution in [3.05, 3.63) is 47.9 Å². The Morgan fingerprint density at radius 2 is 2.11 bits per heavy atom. The summed E-state index contributed by atoms with van der Waals surface area (Å²) < 4.78 is 7.17. The number of ether oxygens (including phenoxy) is 1. The van der Waals surface area contributed by atoms with E-state index in [9.17, 15) is 19.8 Å². The second-order valence-corrected chi connectivity index (χ2v) is 6.78. The number of carbonyl (C=O) groups is 2. The molecule has 10 nitrogen and oxygen atoms in total. The second-order valence-electron chi connectivity index (χ2n) is 6.78. The maximum atomic E-state index is 13.0. The number of aromatic nitrogens is 2. The SMILES string of the molecule is NC1NC(=O)c2ncn([C@H]3C[C@H](O)[C@@H](CO)O3)c2N1C(=O)Cc1ccccc1. The van der Waals surface area contributed by atoms with Gasteiger partial charge >= 0.3 is 0 Å². The molecule has 10 heteroatoms. The molecule has 2 aromatic rings. The zero-order chi connectivity index (χ0) is 19.8. The first-order valence-corrected chi connectivity index (χ1v) is 8.93. The van der Waals surface area contributed by atoms with Gasteiger partial charge in [-0.1, -0.05) is 30.3 Å². The van der Waals surface area contributed by atoms with Gasteiger partial charge < -0.3 is 20.3 Å². The molecule has 1 unspecified atom stereocenters. The van der Waals surface area contributed by atoms with Crippen molar-refractivity contribution in [1.29, 1.82) is 0 Å². The number of nitrogens with two attached hydrogens (primary N) is 1. The summed E-state index contributed by atoms with van der Waals surface area (Å²) in [6.07, 6.45) is -1.72. The lowest BCUT2D eigenvalue weighted by molar-refractivity contribution is -0.118. The minimum atomic E-state index is -1.06. The van der Waals surface area contributed by atoms with Crippen LogP contribution in [0.2, 0.25) is 0 Å². The van der Waals surface area contributed by atoms with Gasteiger partial charge in [0, 0.05) is 6.42 Å². The lowest BCUT2D eigenvalue weighted by atomic mass is 10.1. The largest absolute Gasteiger partial charge is 0.394 e. The number of imidazole rings is 1. The van der Waals surface area contributed by atoms with Crippen LogP contribution < -0.4 is 16.0 Å². The van der Waals surface area contributed by atoms with Gasteiger partial charge in [0.1, 0.15) is 12.3 Å². The van der Waals surface area contributed by atoms with Crippen molar-refractivity contribution >= 4 is 17.6 Å². The van der Waals surface area contributed by atoms with Gasteiger partial charge in [0.15, 0.2) is 17.8 Å². The fourth-order valence-electron chi connectivity index (χ4n) is 3.54. The molecule has 0 radical (unpaired) electrons. The van der Waals surface area contributed by atoms with E-state index >= 15 is 0 Å². The first-order chi connectivity index (χ1) is 13.5. The van der Waals surface area contributed by atoms with E-state index in [1.54, 1.807) is 0 Å². The Labute approximate surface area is 160 Å². The van der Waals surface area contributed by atoms with Gasteiger partial charge in [-0.05, 0) is 5.56 Å². The number of aliphatic hydroxyl groups is 2. The van der Waals surface area contributed by atoms with Crippen LogP contribution in [0.1, 0.15) is 28.7 Å². The summed E-state index contributed by atoms with van der Waals surface area (Å²) in [7, 11) is 0. The van der Waals surface area contributed by atoms with Crippen molar-refractivity contribution in [2.45, 2.75) is 37.6 Å². The van der Waals surface area contributed by atoms with Crippen LogP contribution in [0.5, 0.6) is 0 Å². The van der Waals surface area contributed by atoms with Crippen LogP contribution in [0.3, 0.4) is 0 Å². The molecule has 2 amide bonds. The number of rotatable bonds is 4. The highest BCUT2D eigenvalue weighted by Gasteiger charge is 2.41. The predicted molar refractivity (Wildman–Crippen MR) is 96.9 cm³/mol. The van der Waals surface area contributed by atoms with Crippen molar-refractivity contribution in [2.24, 2.45) is 5.73 Å². The highest BCUT2D eigenvalue weighted by Crippen LogP contribution is 2.35. The summed E-state index contributed by atoms with van der Waals surface area (Å²) in [6, 6.07) is 9.17. The average Bonchev–Trinajstić information content (AvgIpc) is 3.26. The van der Waals surface area contributed by atoms with Crippen LogP contribution in [0.25, 0.3) is 0 Å². The Hall–Kier alpha value is -2.79. The van der Waals surface area contributed by atoms with E-state index in [0.29, 0.717) is 0 Å². The molecule has 1 aromatic carbocycles. The number of hydrogen-bond acceptors (Lipinski definition) is 7. The third kappa shape index (κ3) is 3.16. The molecule has 5 N–H and O–H groups in total. The number of benzene rings is 1. The third-order valence-corrected chi connectivity index (χ3v) is 4.93. The van der Waals surface area contributed by atoms with Gasteiger partial charge in [-0.3, -0.25) is 24.8 Å². The second kappa shape index (κ2) is 7.32. The van der Waals surface area contributed by atoms with Crippen LogP contribution in [-0.4, -0.2) is 56.7 Å². The molecule has 4 atom stereocenters. The molecule has 2 aliphatic heterocycles. The van der Waals surface area contributed by atoms with Crippen LogP contribution in [-0.2, 0) is 16.0 Å². The molecule has 4 rings (SSSR count). The van der Waals surface area contributed by atoms with E-state index in [1.165, 1.54) is 15.8 Å². The molecular formula is C18H21N5O5. The van der Waals surface area contributed by atoms with Gasteiger partial charge in [-0.25, -0.2) is 4.98 Å². The van der Waals surface area contributed by atoms with Crippen LogP contribution in [0, 0.1) is 0 Å². The quantitative estimate of drug-likeness (QED) is 0.531. The van der Waals surface area contributed by atoms with Gasteiger partial charge in [-0.15, -0.1) is 0 Å². The van der Waals surface area contributed by atoms with Gasteiger partial charge in [-0.2, -0.15) is 0 Å². The van der Waals surface area contributed by atoms with Crippen LogP contribution >= 0.6 is 0 Å². The minimum absolute atomic E-state index is 0.0497. The zero-order valence-corrected chi connectivity index (χ0v) is 14.9. The summed E-state index contributed by atoms with van der Waals surface area (Å²) >= 11 is 0. The maximum absolute atomic E-state index is 13.0. The van der Waals surface area contributed by atoms with Crippen molar-refractivity contribution in [2.75, 3.05) is 11.5 Å². The molecule has 2 aliphatic rings. The Morgan fingerprint density at radius 3 is 2.79 bits per heavy atom. The number of aliphatic hydroxyl groups excluding tert-OH is 2. The van der Waals surface area contributed by atoms with Crippen molar-refractivity contribution in [3.8, 4) is 0 Å². The molecule has 1 saturated heterocycles. The summed E-state index contributed by atoms with van der Waals surface area (Å²) in [6.45, 7) is -0.342. The van der Waals surface area contributed by atoms with E-state index in [1.807, 2.05) is 30.3 Å². The molecule has 0 spiro atoms. The first kappa shape index (κ1) is 18.6. The number of carbonyl (C=O) groups excluding carboxylic acids is 2. The highest BCUT2D eigenvalue weighted by molar-refractivity contribution is 6.06. The van der Waals surface area contributed by atoms with E-state index < -0.39 is 30.6 Å². The smallest absolute Gasteiger partial charge is 0.276 e.